The van der Waals surface area contributed by atoms with Crippen molar-refractivity contribution in [2.24, 2.45) is 7.05 Å². The molecule has 146 valence electrons. The molecular weight excluding hydrogens is 399 g/mol. The number of aromatic carboxylic acids is 1. The van der Waals surface area contributed by atoms with E-state index in [1.54, 1.807) is 18.2 Å². The van der Waals surface area contributed by atoms with Crippen molar-refractivity contribution in [3.05, 3.63) is 69.3 Å². The van der Waals surface area contributed by atoms with Gasteiger partial charge in [-0.05, 0) is 42.3 Å². The van der Waals surface area contributed by atoms with Crippen LogP contribution in [0.5, 0.6) is 0 Å². The smallest absolute Gasteiger partial charge is 0.335 e. The van der Waals surface area contributed by atoms with Gasteiger partial charge in [-0.2, -0.15) is 0 Å². The fourth-order valence-electron chi connectivity index (χ4n) is 3.80. The summed E-state index contributed by atoms with van der Waals surface area (Å²) >= 11 is 12.5. The number of benzene rings is 2. The fraction of sp³-hybridized carbons (Fsp3) is 0.286. The zero-order valence-electron chi connectivity index (χ0n) is 15.3. The van der Waals surface area contributed by atoms with Crippen molar-refractivity contribution in [3.63, 3.8) is 0 Å². The van der Waals surface area contributed by atoms with Gasteiger partial charge in [0.25, 0.3) is 0 Å². The van der Waals surface area contributed by atoms with E-state index in [-0.39, 0.29) is 11.1 Å². The molecule has 3 aromatic rings. The molecule has 1 aliphatic heterocycles. The minimum atomic E-state index is -0.928. The van der Waals surface area contributed by atoms with Gasteiger partial charge in [0, 0.05) is 36.8 Å². The van der Waals surface area contributed by atoms with Gasteiger partial charge in [0.15, 0.2) is 0 Å². The third kappa shape index (κ3) is 3.29. The Morgan fingerprint density at radius 2 is 2.00 bits per heavy atom. The van der Waals surface area contributed by atoms with Crippen molar-refractivity contribution in [1.82, 2.24) is 9.88 Å². The molecule has 0 bridgehead atoms. The highest BCUT2D eigenvalue weighted by Gasteiger charge is 2.36. The Labute approximate surface area is 172 Å². The number of hydrogen-bond acceptors (Lipinski definition) is 3. The van der Waals surface area contributed by atoms with Gasteiger partial charge in [0.2, 0.25) is 0 Å². The van der Waals surface area contributed by atoms with Gasteiger partial charge in [0.05, 0.1) is 27.8 Å². The highest BCUT2D eigenvalue weighted by molar-refractivity contribution is 6.45. The van der Waals surface area contributed by atoms with E-state index in [1.165, 1.54) is 0 Å². The Kier molecular flexibility index (Phi) is 5.10. The number of halogens is 2. The Morgan fingerprint density at radius 3 is 2.64 bits per heavy atom. The molecule has 5 nitrogen and oxygen atoms in total. The predicted molar refractivity (Wildman–Crippen MR) is 110 cm³/mol. The van der Waals surface area contributed by atoms with Crippen LogP contribution < -0.4 is 5.32 Å². The maximum absolute atomic E-state index is 11.1. The van der Waals surface area contributed by atoms with E-state index in [4.69, 9.17) is 33.0 Å². The van der Waals surface area contributed by atoms with Crippen molar-refractivity contribution in [1.29, 1.82) is 0 Å². The maximum Gasteiger partial charge on any atom is 0.335 e. The zero-order chi connectivity index (χ0) is 19.9. The molecule has 0 spiro atoms. The second kappa shape index (κ2) is 7.41. The third-order valence-electron chi connectivity index (χ3n) is 5.53. The lowest BCUT2D eigenvalue weighted by molar-refractivity contribution is 0.0697. The molecule has 2 heterocycles. The summed E-state index contributed by atoms with van der Waals surface area (Å²) in [5.41, 5.74) is 3.05. The summed E-state index contributed by atoms with van der Waals surface area (Å²) in [5.74, 6) is -0.928. The molecule has 1 unspecified atom stereocenters. The van der Waals surface area contributed by atoms with Gasteiger partial charge in [-0.25, -0.2) is 4.79 Å². The number of rotatable bonds is 5. The van der Waals surface area contributed by atoms with Gasteiger partial charge in [-0.1, -0.05) is 35.3 Å². The summed E-state index contributed by atoms with van der Waals surface area (Å²) in [6, 6.07) is 12.8. The van der Waals surface area contributed by atoms with Crippen LogP contribution in [0.3, 0.4) is 0 Å². The number of fused-ring (bicyclic) bond motifs is 1. The van der Waals surface area contributed by atoms with E-state index in [2.05, 4.69) is 9.88 Å². The maximum atomic E-state index is 11.1. The van der Waals surface area contributed by atoms with E-state index in [1.807, 2.05) is 31.3 Å². The van der Waals surface area contributed by atoms with Crippen LogP contribution in [-0.2, 0) is 23.9 Å². The second-order valence-corrected chi connectivity index (χ2v) is 7.89. The average Bonchev–Trinajstić information content (AvgIpc) is 3.29. The van der Waals surface area contributed by atoms with Crippen LogP contribution in [0.4, 0.5) is 0 Å². The first-order valence-corrected chi connectivity index (χ1v) is 9.76. The van der Waals surface area contributed by atoms with Crippen LogP contribution in [0.1, 0.15) is 28.0 Å². The molecule has 0 aliphatic carbocycles. The van der Waals surface area contributed by atoms with Crippen LogP contribution in [0.25, 0.3) is 10.9 Å². The first kappa shape index (κ1) is 19.3. The first-order valence-electron chi connectivity index (χ1n) is 9.00. The van der Waals surface area contributed by atoms with Gasteiger partial charge >= 0.3 is 5.97 Å². The van der Waals surface area contributed by atoms with Crippen molar-refractivity contribution in [2.45, 2.75) is 18.5 Å². The summed E-state index contributed by atoms with van der Waals surface area (Å²) in [6.07, 6.45) is 0.815. The number of nitrogens with one attached hydrogen (secondary N) is 1. The molecule has 28 heavy (non-hydrogen) atoms. The summed E-state index contributed by atoms with van der Waals surface area (Å²) in [6.45, 7) is 1.81. The quantitative estimate of drug-likeness (QED) is 0.635. The standard InChI is InChI=1S/C21H20Cl2N2O3/c1-25-15(10-16-18(25)7-6-17(22)19(16)23)11-24-21(8-9-28-12-21)14-4-2-13(3-5-14)20(26)27/h2-7,10,24H,8-9,11-12H2,1H3,(H,26,27). The normalized spacial score (nSPS) is 19.4. The molecule has 1 saturated heterocycles. The molecule has 1 aliphatic rings. The largest absolute Gasteiger partial charge is 0.478 e. The van der Waals surface area contributed by atoms with E-state index >= 15 is 0 Å². The minimum absolute atomic E-state index is 0.276. The third-order valence-corrected chi connectivity index (χ3v) is 6.35. The van der Waals surface area contributed by atoms with E-state index in [0.717, 1.165) is 28.6 Å². The van der Waals surface area contributed by atoms with Gasteiger partial charge < -0.3 is 14.4 Å². The van der Waals surface area contributed by atoms with Crippen molar-refractivity contribution >= 4 is 40.1 Å². The minimum Gasteiger partial charge on any atom is -0.478 e. The molecule has 1 atom stereocenters. The van der Waals surface area contributed by atoms with E-state index in [9.17, 15) is 4.79 Å². The van der Waals surface area contributed by atoms with Gasteiger partial charge in [0.1, 0.15) is 0 Å². The summed E-state index contributed by atoms with van der Waals surface area (Å²) in [5, 5.41) is 14.8. The molecule has 1 aromatic heterocycles. The number of ether oxygens (including phenoxy) is 1. The lowest BCUT2D eigenvalue weighted by atomic mass is 9.88. The number of nitrogens with zero attached hydrogens (tertiary/aromatic N) is 1. The SMILES string of the molecule is Cn1c(CNC2(c3ccc(C(=O)O)cc3)CCOC2)cc2c(Cl)c(Cl)ccc21. The fourth-order valence-corrected chi connectivity index (χ4v) is 4.18. The van der Waals surface area contributed by atoms with E-state index in [0.29, 0.717) is 29.8 Å². The summed E-state index contributed by atoms with van der Waals surface area (Å²) in [7, 11) is 2.00. The lowest BCUT2D eigenvalue weighted by Gasteiger charge is -2.30. The van der Waals surface area contributed by atoms with Crippen LogP contribution in [0.15, 0.2) is 42.5 Å². The summed E-state index contributed by atoms with van der Waals surface area (Å²) in [4.78, 5) is 11.1. The molecule has 7 heteroatoms. The molecular formula is C21H20Cl2N2O3. The highest BCUT2D eigenvalue weighted by Crippen LogP contribution is 2.34. The molecule has 2 N–H and O–H groups in total. The van der Waals surface area contributed by atoms with Crippen molar-refractivity contribution in [3.8, 4) is 0 Å². The van der Waals surface area contributed by atoms with Crippen LogP contribution >= 0.6 is 23.2 Å². The monoisotopic (exact) mass is 418 g/mol. The summed E-state index contributed by atoms with van der Waals surface area (Å²) < 4.78 is 7.78. The number of carboxylic acids is 1. The Hall–Kier alpha value is -2.05. The van der Waals surface area contributed by atoms with Crippen molar-refractivity contribution < 1.29 is 14.6 Å². The lowest BCUT2D eigenvalue weighted by Crippen LogP contribution is -2.42. The second-order valence-electron chi connectivity index (χ2n) is 7.11. The van der Waals surface area contributed by atoms with Gasteiger partial charge in [-0.15, -0.1) is 0 Å². The van der Waals surface area contributed by atoms with Gasteiger partial charge in [-0.3, -0.25) is 5.32 Å². The Bertz CT molecular complexity index is 1040. The Morgan fingerprint density at radius 1 is 1.25 bits per heavy atom. The van der Waals surface area contributed by atoms with E-state index < -0.39 is 5.97 Å². The zero-order valence-corrected chi connectivity index (χ0v) is 16.8. The molecule has 4 rings (SSSR count). The van der Waals surface area contributed by atoms with Crippen LogP contribution in [0.2, 0.25) is 10.0 Å². The molecule has 1 fully saturated rings. The van der Waals surface area contributed by atoms with Crippen LogP contribution in [0, 0.1) is 0 Å². The number of aryl methyl sites for hydroxylation is 1. The number of aromatic nitrogens is 1. The Balaban J connectivity index is 1.63. The number of carboxylic acid groups (broad SMARTS) is 1. The molecule has 0 radical (unpaired) electrons. The number of carbonyl (C=O) groups is 1. The van der Waals surface area contributed by atoms with Crippen LogP contribution in [-0.4, -0.2) is 28.9 Å². The first-order chi connectivity index (χ1) is 13.4. The molecule has 2 aromatic carbocycles. The predicted octanol–water partition coefficient (Wildman–Crippen LogP) is 4.59. The molecule has 0 amide bonds. The highest BCUT2D eigenvalue weighted by atomic mass is 35.5. The van der Waals surface area contributed by atoms with Crippen molar-refractivity contribution in [2.75, 3.05) is 13.2 Å². The topological polar surface area (TPSA) is 63.5 Å². The molecule has 0 saturated carbocycles. The number of hydrogen-bond donors (Lipinski definition) is 2. The average molecular weight is 419 g/mol.